The van der Waals surface area contributed by atoms with E-state index in [1.165, 1.54) is 0 Å². The van der Waals surface area contributed by atoms with E-state index in [2.05, 4.69) is 37.5 Å². The largest absolute Gasteiger partial charge is 0.393 e. The number of aromatic nitrogens is 2. The molecule has 0 saturated carbocycles. The van der Waals surface area contributed by atoms with E-state index in [1.807, 2.05) is 30.3 Å². The van der Waals surface area contributed by atoms with Gasteiger partial charge in [0.2, 0.25) is 0 Å². The zero-order chi connectivity index (χ0) is 16.1. The van der Waals surface area contributed by atoms with Crippen LogP contribution < -0.4 is 21.5 Å². The van der Waals surface area contributed by atoms with E-state index in [-0.39, 0.29) is 0 Å². The number of nitrogen functional groups attached to an aromatic ring is 1. The summed E-state index contributed by atoms with van der Waals surface area (Å²) in [7, 11) is 0. The highest BCUT2D eigenvalue weighted by molar-refractivity contribution is 5.75. The molecule has 2 aromatic rings. The summed E-state index contributed by atoms with van der Waals surface area (Å²) in [4.78, 5) is 13.2. The third-order valence-corrected chi connectivity index (χ3v) is 4.08. The zero-order valence-electron chi connectivity index (χ0n) is 13.4. The molecule has 1 saturated heterocycles. The van der Waals surface area contributed by atoms with E-state index in [9.17, 15) is 0 Å². The Morgan fingerprint density at radius 1 is 1.04 bits per heavy atom. The summed E-state index contributed by atoms with van der Waals surface area (Å²) in [5.74, 6) is 1.39. The third-order valence-electron chi connectivity index (χ3n) is 4.08. The van der Waals surface area contributed by atoms with Gasteiger partial charge < -0.3 is 15.5 Å². The fourth-order valence-electron chi connectivity index (χ4n) is 2.67. The molecule has 0 atom stereocenters. The number of nitrogens with two attached hydrogens (primary N) is 1. The van der Waals surface area contributed by atoms with Gasteiger partial charge in [-0.25, -0.2) is 9.97 Å². The van der Waals surface area contributed by atoms with E-state index in [4.69, 9.17) is 5.73 Å². The number of likely N-dealkylation sites (N-methyl/N-ethyl adjacent to an activating group) is 1. The topological polar surface area (TPSA) is 82.3 Å². The fraction of sp³-hybridized carbons (Fsp3) is 0.375. The molecule has 0 amide bonds. The van der Waals surface area contributed by atoms with Crippen molar-refractivity contribution in [2.24, 2.45) is 0 Å². The summed E-state index contributed by atoms with van der Waals surface area (Å²) in [5, 5.41) is 0. The lowest BCUT2D eigenvalue weighted by atomic mass is 10.3. The summed E-state index contributed by atoms with van der Waals surface area (Å²) in [6.45, 7) is 7.20. The van der Waals surface area contributed by atoms with E-state index >= 15 is 0 Å². The third kappa shape index (κ3) is 3.62. The first-order chi connectivity index (χ1) is 11.3. The second-order valence-corrected chi connectivity index (χ2v) is 5.50. The van der Waals surface area contributed by atoms with Crippen LogP contribution in [0.1, 0.15) is 6.92 Å². The lowest BCUT2D eigenvalue weighted by Crippen LogP contribution is -2.46. The van der Waals surface area contributed by atoms with Crippen molar-refractivity contribution in [1.29, 1.82) is 0 Å². The lowest BCUT2D eigenvalue weighted by molar-refractivity contribution is 0.270. The average molecular weight is 313 g/mol. The Labute approximate surface area is 136 Å². The molecule has 7 heteroatoms. The Kier molecular flexibility index (Phi) is 4.77. The second-order valence-electron chi connectivity index (χ2n) is 5.50. The molecule has 122 valence electrons. The molecule has 0 unspecified atom stereocenters. The summed E-state index contributed by atoms with van der Waals surface area (Å²) in [6, 6.07) is 9.83. The van der Waals surface area contributed by atoms with Gasteiger partial charge in [0.1, 0.15) is 12.0 Å². The van der Waals surface area contributed by atoms with Gasteiger partial charge in [-0.1, -0.05) is 25.1 Å². The molecule has 1 aliphatic heterocycles. The maximum atomic E-state index is 6.26. The van der Waals surface area contributed by atoms with Crippen LogP contribution >= 0.6 is 0 Å². The Hall–Kier alpha value is -2.54. The molecule has 1 fully saturated rings. The Balaban J connectivity index is 1.69. The highest BCUT2D eigenvalue weighted by atomic mass is 15.4. The van der Waals surface area contributed by atoms with Crippen molar-refractivity contribution in [2.45, 2.75) is 6.92 Å². The molecule has 0 spiro atoms. The standard InChI is InChI=1S/C16H23N7/c1-2-22-8-10-23(11-9-22)16-14(17)15(18-12-19-16)21-20-13-6-4-3-5-7-13/h3-7,12,20H,2,8-11,17H2,1H3,(H,18,19,21). The number of hydrogen-bond donors (Lipinski definition) is 3. The van der Waals surface area contributed by atoms with Gasteiger partial charge in [-0.15, -0.1) is 0 Å². The molecule has 1 aromatic heterocycles. The monoisotopic (exact) mass is 313 g/mol. The summed E-state index contributed by atoms with van der Waals surface area (Å²) in [6.07, 6.45) is 1.55. The van der Waals surface area contributed by atoms with Crippen molar-refractivity contribution in [2.75, 3.05) is 54.2 Å². The molecule has 3 rings (SSSR count). The number of nitrogens with one attached hydrogen (secondary N) is 2. The highest BCUT2D eigenvalue weighted by Crippen LogP contribution is 2.26. The minimum Gasteiger partial charge on any atom is -0.393 e. The van der Waals surface area contributed by atoms with Gasteiger partial charge in [0, 0.05) is 26.2 Å². The van der Waals surface area contributed by atoms with Gasteiger partial charge in [-0.05, 0) is 18.7 Å². The number of nitrogens with zero attached hydrogens (tertiary/aromatic N) is 4. The molecule has 4 N–H and O–H groups in total. The van der Waals surface area contributed by atoms with E-state index in [0.29, 0.717) is 11.5 Å². The minimum atomic E-state index is 0.570. The first kappa shape index (κ1) is 15.4. The zero-order valence-corrected chi connectivity index (χ0v) is 13.4. The van der Waals surface area contributed by atoms with Crippen LogP contribution in [0, 0.1) is 0 Å². The van der Waals surface area contributed by atoms with Crippen LogP contribution in [-0.4, -0.2) is 47.6 Å². The van der Waals surface area contributed by atoms with Crippen molar-refractivity contribution >= 4 is 23.0 Å². The van der Waals surface area contributed by atoms with Crippen LogP contribution in [0.25, 0.3) is 0 Å². The number of para-hydroxylation sites is 1. The normalized spacial score (nSPS) is 15.4. The second kappa shape index (κ2) is 7.15. The number of rotatable bonds is 5. The van der Waals surface area contributed by atoms with Crippen LogP contribution in [0.5, 0.6) is 0 Å². The first-order valence-electron chi connectivity index (χ1n) is 7.92. The van der Waals surface area contributed by atoms with Crippen molar-refractivity contribution in [3.05, 3.63) is 36.7 Å². The molecular weight excluding hydrogens is 290 g/mol. The molecule has 23 heavy (non-hydrogen) atoms. The van der Waals surface area contributed by atoms with E-state index < -0.39 is 0 Å². The van der Waals surface area contributed by atoms with E-state index in [0.717, 1.165) is 44.2 Å². The van der Waals surface area contributed by atoms with Crippen molar-refractivity contribution in [1.82, 2.24) is 14.9 Å². The number of benzene rings is 1. The molecule has 2 heterocycles. The number of anilines is 4. The summed E-state index contributed by atoms with van der Waals surface area (Å²) in [5.41, 5.74) is 13.9. The minimum absolute atomic E-state index is 0.570. The smallest absolute Gasteiger partial charge is 0.173 e. The SMILES string of the molecule is CCN1CCN(c2ncnc(NNc3ccccc3)c2N)CC1. The van der Waals surface area contributed by atoms with Gasteiger partial charge in [-0.2, -0.15) is 0 Å². The van der Waals surface area contributed by atoms with Crippen LogP contribution in [0.2, 0.25) is 0 Å². The molecule has 0 aliphatic carbocycles. The molecule has 7 nitrogen and oxygen atoms in total. The van der Waals surface area contributed by atoms with Gasteiger partial charge in [0.15, 0.2) is 11.6 Å². The Morgan fingerprint density at radius 2 is 1.78 bits per heavy atom. The van der Waals surface area contributed by atoms with Crippen molar-refractivity contribution in [3.8, 4) is 0 Å². The van der Waals surface area contributed by atoms with Crippen molar-refractivity contribution in [3.63, 3.8) is 0 Å². The van der Waals surface area contributed by atoms with Crippen LogP contribution in [0.4, 0.5) is 23.0 Å². The molecular formula is C16H23N7. The highest BCUT2D eigenvalue weighted by Gasteiger charge is 2.20. The van der Waals surface area contributed by atoms with Gasteiger partial charge in [-0.3, -0.25) is 10.9 Å². The number of piperazine rings is 1. The van der Waals surface area contributed by atoms with E-state index in [1.54, 1.807) is 6.33 Å². The Bertz CT molecular complexity index is 624. The first-order valence-corrected chi connectivity index (χ1v) is 7.92. The number of hydrazine groups is 1. The predicted molar refractivity (Wildman–Crippen MR) is 94.5 cm³/mol. The van der Waals surface area contributed by atoms with Crippen LogP contribution in [0.3, 0.4) is 0 Å². The van der Waals surface area contributed by atoms with Crippen LogP contribution in [0.15, 0.2) is 36.7 Å². The van der Waals surface area contributed by atoms with Gasteiger partial charge in [0.25, 0.3) is 0 Å². The predicted octanol–water partition coefficient (Wildman–Crippen LogP) is 1.64. The van der Waals surface area contributed by atoms with Gasteiger partial charge in [0.05, 0.1) is 5.69 Å². The van der Waals surface area contributed by atoms with Crippen molar-refractivity contribution < 1.29 is 0 Å². The Morgan fingerprint density at radius 3 is 2.48 bits per heavy atom. The maximum absolute atomic E-state index is 6.26. The fourth-order valence-corrected chi connectivity index (χ4v) is 2.67. The van der Waals surface area contributed by atoms with Crippen LogP contribution in [-0.2, 0) is 0 Å². The lowest BCUT2D eigenvalue weighted by Gasteiger charge is -2.35. The average Bonchev–Trinajstić information content (AvgIpc) is 2.62. The maximum Gasteiger partial charge on any atom is 0.173 e. The number of hydrogen-bond acceptors (Lipinski definition) is 7. The molecule has 0 bridgehead atoms. The molecule has 1 aliphatic rings. The molecule has 1 aromatic carbocycles. The quantitative estimate of drug-likeness (QED) is 0.724. The molecule has 0 radical (unpaired) electrons. The van der Waals surface area contributed by atoms with Gasteiger partial charge >= 0.3 is 0 Å². The summed E-state index contributed by atoms with van der Waals surface area (Å²) >= 11 is 0. The summed E-state index contributed by atoms with van der Waals surface area (Å²) < 4.78 is 0.